The average molecular weight is 262 g/mol. The molecule has 1 amide bonds. The first-order valence-corrected chi connectivity index (χ1v) is 6.79. The van der Waals surface area contributed by atoms with Crippen molar-refractivity contribution in [3.8, 4) is 5.75 Å². The molecular weight excluding hydrogens is 240 g/mol. The molecule has 4 nitrogen and oxygen atoms in total. The van der Waals surface area contributed by atoms with Crippen molar-refractivity contribution < 1.29 is 9.53 Å². The van der Waals surface area contributed by atoms with E-state index in [9.17, 15) is 4.79 Å². The van der Waals surface area contributed by atoms with Crippen molar-refractivity contribution in [2.75, 3.05) is 13.7 Å². The molecule has 0 radical (unpaired) electrons. The fraction of sp³-hybridized carbons (Fsp3) is 0.533. The smallest absolute Gasteiger partial charge is 0.243 e. The summed E-state index contributed by atoms with van der Waals surface area (Å²) in [7, 11) is 1.84. The van der Waals surface area contributed by atoms with Crippen LogP contribution in [0.15, 0.2) is 24.3 Å². The number of benzene rings is 1. The van der Waals surface area contributed by atoms with Crippen LogP contribution < -0.4 is 10.1 Å². The van der Waals surface area contributed by atoms with Crippen LogP contribution >= 0.6 is 0 Å². The van der Waals surface area contributed by atoms with E-state index in [-0.39, 0.29) is 12.1 Å². The number of hydrogen-bond donors (Lipinski definition) is 1. The summed E-state index contributed by atoms with van der Waals surface area (Å²) in [6.45, 7) is 6.61. The fourth-order valence-corrected chi connectivity index (χ4v) is 2.44. The van der Waals surface area contributed by atoms with E-state index in [1.54, 1.807) is 4.90 Å². The van der Waals surface area contributed by atoms with Gasteiger partial charge < -0.3 is 9.64 Å². The lowest BCUT2D eigenvalue weighted by Crippen LogP contribution is -2.42. The minimum atomic E-state index is -0.460. The van der Waals surface area contributed by atoms with Crippen molar-refractivity contribution >= 4 is 5.91 Å². The fourth-order valence-electron chi connectivity index (χ4n) is 2.44. The summed E-state index contributed by atoms with van der Waals surface area (Å²) in [5.74, 6) is 1.00. The number of carbonyl (C=O) groups excluding carboxylic acids is 1. The minimum absolute atomic E-state index is 0.0619. The highest BCUT2D eigenvalue weighted by molar-refractivity contribution is 5.88. The minimum Gasteiger partial charge on any atom is -0.494 e. The van der Waals surface area contributed by atoms with Crippen LogP contribution in [-0.2, 0) is 4.79 Å². The summed E-state index contributed by atoms with van der Waals surface area (Å²) >= 11 is 0. The zero-order valence-electron chi connectivity index (χ0n) is 12.1. The van der Waals surface area contributed by atoms with E-state index >= 15 is 0 Å². The number of nitrogens with zero attached hydrogens (tertiary/aromatic N) is 1. The Balaban J connectivity index is 2.20. The molecule has 1 saturated heterocycles. The molecule has 1 N–H and O–H groups in total. The quantitative estimate of drug-likeness (QED) is 0.905. The third kappa shape index (κ3) is 2.45. The molecule has 0 aromatic heterocycles. The average Bonchev–Trinajstić information content (AvgIpc) is 2.66. The number of likely N-dealkylation sites (N-methyl/N-ethyl adjacent to an activating group) is 1. The Hall–Kier alpha value is -1.55. The number of amides is 1. The molecule has 4 heteroatoms. The Kier molecular flexibility index (Phi) is 3.80. The van der Waals surface area contributed by atoms with Crippen LogP contribution in [0.3, 0.4) is 0 Å². The number of carbonyl (C=O) groups is 1. The first kappa shape index (κ1) is 13.9. The van der Waals surface area contributed by atoms with Gasteiger partial charge in [0.25, 0.3) is 0 Å². The predicted molar refractivity (Wildman–Crippen MR) is 75.0 cm³/mol. The van der Waals surface area contributed by atoms with E-state index < -0.39 is 5.54 Å². The summed E-state index contributed by atoms with van der Waals surface area (Å²) in [4.78, 5) is 14.0. The van der Waals surface area contributed by atoms with Gasteiger partial charge in [0.2, 0.25) is 5.91 Å². The van der Waals surface area contributed by atoms with E-state index in [0.29, 0.717) is 6.61 Å². The second kappa shape index (κ2) is 5.21. The first-order chi connectivity index (χ1) is 9.01. The molecule has 1 aromatic carbocycles. The summed E-state index contributed by atoms with van der Waals surface area (Å²) < 4.78 is 5.43. The Morgan fingerprint density at radius 1 is 1.32 bits per heavy atom. The van der Waals surface area contributed by atoms with Crippen molar-refractivity contribution in [2.24, 2.45) is 0 Å². The van der Waals surface area contributed by atoms with Gasteiger partial charge in [0.15, 0.2) is 0 Å². The van der Waals surface area contributed by atoms with Gasteiger partial charge in [-0.15, -0.1) is 0 Å². The van der Waals surface area contributed by atoms with Gasteiger partial charge >= 0.3 is 0 Å². The third-order valence-electron chi connectivity index (χ3n) is 3.85. The van der Waals surface area contributed by atoms with Crippen LogP contribution in [0.1, 0.15) is 38.9 Å². The predicted octanol–water partition coefficient (Wildman–Crippen LogP) is 2.31. The van der Waals surface area contributed by atoms with E-state index in [2.05, 4.69) is 5.32 Å². The maximum Gasteiger partial charge on any atom is 0.243 e. The van der Waals surface area contributed by atoms with Gasteiger partial charge in [-0.25, -0.2) is 0 Å². The Morgan fingerprint density at radius 2 is 1.95 bits per heavy atom. The Morgan fingerprint density at radius 3 is 2.42 bits per heavy atom. The highest BCUT2D eigenvalue weighted by Gasteiger charge is 2.45. The third-order valence-corrected chi connectivity index (χ3v) is 3.85. The van der Waals surface area contributed by atoms with Crippen LogP contribution in [0.4, 0.5) is 0 Å². The highest BCUT2D eigenvalue weighted by Crippen LogP contribution is 2.31. The molecule has 0 saturated carbocycles. The highest BCUT2D eigenvalue weighted by atomic mass is 16.5. The van der Waals surface area contributed by atoms with E-state index in [1.807, 2.05) is 52.1 Å². The van der Waals surface area contributed by atoms with E-state index in [4.69, 9.17) is 4.74 Å². The number of hydrogen-bond acceptors (Lipinski definition) is 3. The summed E-state index contributed by atoms with van der Waals surface area (Å²) in [6.07, 6.45) is 0.720. The van der Waals surface area contributed by atoms with Gasteiger partial charge in [-0.2, -0.15) is 0 Å². The Labute approximate surface area is 114 Å². The Bertz CT molecular complexity index is 458. The van der Waals surface area contributed by atoms with Crippen molar-refractivity contribution in [2.45, 2.75) is 38.9 Å². The van der Waals surface area contributed by atoms with Crippen molar-refractivity contribution in [1.29, 1.82) is 0 Å². The number of ether oxygens (including phenoxy) is 1. The van der Waals surface area contributed by atoms with Crippen LogP contribution in [0.5, 0.6) is 5.75 Å². The van der Waals surface area contributed by atoms with Crippen molar-refractivity contribution in [3.63, 3.8) is 0 Å². The molecule has 0 spiro atoms. The SMILES string of the molecule is CCOc1ccc(C2NC(C)(CC)C(=O)N2C)cc1. The van der Waals surface area contributed by atoms with Crippen LogP contribution in [0.2, 0.25) is 0 Å². The summed E-state index contributed by atoms with van der Waals surface area (Å²) in [5, 5.41) is 3.42. The van der Waals surface area contributed by atoms with Crippen molar-refractivity contribution in [3.05, 3.63) is 29.8 Å². The molecule has 1 aliphatic heterocycles. The molecule has 0 bridgehead atoms. The van der Waals surface area contributed by atoms with Gasteiger partial charge in [-0.1, -0.05) is 19.1 Å². The molecule has 1 heterocycles. The lowest BCUT2D eigenvalue weighted by molar-refractivity contribution is -0.131. The molecule has 104 valence electrons. The van der Waals surface area contributed by atoms with Crippen molar-refractivity contribution in [1.82, 2.24) is 10.2 Å². The topological polar surface area (TPSA) is 41.6 Å². The zero-order valence-corrected chi connectivity index (χ0v) is 12.1. The molecular formula is C15H22N2O2. The largest absolute Gasteiger partial charge is 0.494 e. The summed E-state index contributed by atoms with van der Waals surface area (Å²) in [6, 6.07) is 7.91. The molecule has 19 heavy (non-hydrogen) atoms. The van der Waals surface area contributed by atoms with Gasteiger partial charge in [0.05, 0.1) is 12.1 Å². The zero-order chi connectivity index (χ0) is 14.0. The molecule has 2 unspecified atom stereocenters. The lowest BCUT2D eigenvalue weighted by Gasteiger charge is -2.20. The van der Waals surface area contributed by atoms with Gasteiger partial charge in [0, 0.05) is 7.05 Å². The molecule has 2 atom stereocenters. The van der Waals surface area contributed by atoms with Gasteiger partial charge in [-0.05, 0) is 38.0 Å². The van der Waals surface area contributed by atoms with Crippen LogP contribution in [0, 0.1) is 0 Å². The normalized spacial score (nSPS) is 26.8. The molecule has 1 fully saturated rings. The van der Waals surface area contributed by atoms with Gasteiger partial charge in [-0.3, -0.25) is 10.1 Å². The van der Waals surface area contributed by atoms with Gasteiger partial charge in [0.1, 0.15) is 11.9 Å². The second-order valence-electron chi connectivity index (χ2n) is 5.15. The molecule has 2 rings (SSSR count). The maximum atomic E-state index is 12.3. The van der Waals surface area contributed by atoms with E-state index in [1.165, 1.54) is 0 Å². The standard InChI is InChI=1S/C15H22N2O2/c1-5-15(3)14(18)17(4)13(16-15)11-7-9-12(10-8-11)19-6-2/h7-10,13,16H,5-6H2,1-4H3. The molecule has 1 aromatic rings. The number of nitrogens with one attached hydrogen (secondary N) is 1. The molecule has 0 aliphatic carbocycles. The second-order valence-corrected chi connectivity index (χ2v) is 5.15. The lowest BCUT2D eigenvalue weighted by atomic mass is 9.99. The first-order valence-electron chi connectivity index (χ1n) is 6.79. The molecule has 1 aliphatic rings. The van der Waals surface area contributed by atoms with Crippen LogP contribution in [-0.4, -0.2) is 30.0 Å². The summed E-state index contributed by atoms with van der Waals surface area (Å²) in [5.41, 5.74) is 0.620. The maximum absolute atomic E-state index is 12.3. The van der Waals surface area contributed by atoms with E-state index in [0.717, 1.165) is 17.7 Å². The van der Waals surface area contributed by atoms with Crippen LogP contribution in [0.25, 0.3) is 0 Å². The monoisotopic (exact) mass is 262 g/mol. The number of rotatable bonds is 4.